The summed E-state index contributed by atoms with van der Waals surface area (Å²) in [5, 5.41) is 0. The van der Waals surface area contributed by atoms with Crippen LogP contribution in [-0.2, 0) is 5.54 Å². The zero-order valence-corrected chi connectivity index (χ0v) is 11.0. The highest BCUT2D eigenvalue weighted by molar-refractivity contribution is 5.25. The van der Waals surface area contributed by atoms with Gasteiger partial charge in [0.25, 0.3) is 0 Å². The minimum atomic E-state index is -0.217. The Morgan fingerprint density at radius 1 is 1.18 bits per heavy atom. The van der Waals surface area contributed by atoms with Gasteiger partial charge in [-0.2, -0.15) is 0 Å². The number of likely N-dealkylation sites (tertiary alicyclic amines) is 1. The summed E-state index contributed by atoms with van der Waals surface area (Å²) in [6.07, 6.45) is 2.64. The van der Waals surface area contributed by atoms with Gasteiger partial charge in [-0.1, -0.05) is 44.2 Å². The molecule has 1 unspecified atom stereocenters. The van der Waals surface area contributed by atoms with Crippen LogP contribution in [0.4, 0.5) is 0 Å². The van der Waals surface area contributed by atoms with E-state index < -0.39 is 0 Å². The molecule has 1 aliphatic heterocycles. The first-order valence-electron chi connectivity index (χ1n) is 6.69. The van der Waals surface area contributed by atoms with Crippen molar-refractivity contribution in [3.63, 3.8) is 0 Å². The van der Waals surface area contributed by atoms with Crippen LogP contribution in [0.15, 0.2) is 30.3 Å². The molecular formula is C15H24N2. The average molecular weight is 232 g/mol. The topological polar surface area (TPSA) is 29.3 Å². The largest absolute Gasteiger partial charge is 0.320 e. The molecule has 2 rings (SSSR count). The van der Waals surface area contributed by atoms with Gasteiger partial charge >= 0.3 is 0 Å². The predicted molar refractivity (Wildman–Crippen MR) is 72.8 cm³/mol. The number of benzene rings is 1. The zero-order valence-electron chi connectivity index (χ0n) is 11.0. The van der Waals surface area contributed by atoms with E-state index in [9.17, 15) is 0 Å². The highest BCUT2D eigenvalue weighted by Crippen LogP contribution is 2.29. The van der Waals surface area contributed by atoms with Gasteiger partial charge in [-0.3, -0.25) is 0 Å². The van der Waals surface area contributed by atoms with Gasteiger partial charge in [0.15, 0.2) is 0 Å². The van der Waals surface area contributed by atoms with Gasteiger partial charge in [0, 0.05) is 6.54 Å². The Hall–Kier alpha value is -0.860. The lowest BCUT2D eigenvalue weighted by atomic mass is 9.80. The maximum atomic E-state index is 6.70. The molecule has 1 saturated heterocycles. The first kappa shape index (κ1) is 12.6. The molecule has 0 bridgehead atoms. The Labute approximate surface area is 105 Å². The second-order valence-electron chi connectivity index (χ2n) is 5.54. The maximum absolute atomic E-state index is 6.70. The van der Waals surface area contributed by atoms with E-state index in [1.165, 1.54) is 31.5 Å². The molecule has 0 saturated carbocycles. The molecule has 0 aliphatic carbocycles. The summed E-state index contributed by atoms with van der Waals surface area (Å²) in [5.41, 5.74) is 7.75. The third-order valence-electron chi connectivity index (χ3n) is 4.03. The number of hydrogen-bond acceptors (Lipinski definition) is 2. The minimum Gasteiger partial charge on any atom is -0.320 e. The fourth-order valence-electron chi connectivity index (χ4n) is 2.67. The molecule has 2 N–H and O–H groups in total. The second-order valence-corrected chi connectivity index (χ2v) is 5.54. The third kappa shape index (κ3) is 2.70. The van der Waals surface area contributed by atoms with Crippen molar-refractivity contribution < 1.29 is 0 Å². The molecule has 2 nitrogen and oxygen atoms in total. The van der Waals surface area contributed by atoms with Gasteiger partial charge in [-0.05, 0) is 37.4 Å². The van der Waals surface area contributed by atoms with Crippen LogP contribution in [0.5, 0.6) is 0 Å². The van der Waals surface area contributed by atoms with E-state index in [1.54, 1.807) is 0 Å². The molecule has 94 valence electrons. The van der Waals surface area contributed by atoms with Gasteiger partial charge in [-0.15, -0.1) is 0 Å². The van der Waals surface area contributed by atoms with Gasteiger partial charge in [0.2, 0.25) is 0 Å². The van der Waals surface area contributed by atoms with Crippen molar-refractivity contribution >= 4 is 0 Å². The van der Waals surface area contributed by atoms with Crippen LogP contribution in [0.2, 0.25) is 0 Å². The summed E-state index contributed by atoms with van der Waals surface area (Å²) in [6, 6.07) is 10.6. The van der Waals surface area contributed by atoms with Crippen LogP contribution in [0.3, 0.4) is 0 Å². The van der Waals surface area contributed by atoms with E-state index in [2.05, 4.69) is 49.1 Å². The van der Waals surface area contributed by atoms with Gasteiger partial charge in [0.1, 0.15) is 0 Å². The fraction of sp³-hybridized carbons (Fsp3) is 0.600. The summed E-state index contributed by atoms with van der Waals surface area (Å²) < 4.78 is 0. The average Bonchev–Trinajstić information content (AvgIpc) is 2.82. The quantitative estimate of drug-likeness (QED) is 0.864. The first-order chi connectivity index (χ1) is 8.13. The molecule has 1 heterocycles. The molecule has 1 atom stereocenters. The lowest BCUT2D eigenvalue weighted by Gasteiger charge is -2.37. The standard InChI is InChI=1S/C15H24N2/c1-13(2)15(16,12-17-10-6-7-11-17)14-8-4-3-5-9-14/h3-5,8-9,13H,6-7,10-12,16H2,1-2H3. The van der Waals surface area contributed by atoms with E-state index in [0.717, 1.165) is 6.54 Å². The van der Waals surface area contributed by atoms with Crippen molar-refractivity contribution in [1.29, 1.82) is 0 Å². The summed E-state index contributed by atoms with van der Waals surface area (Å²) in [7, 11) is 0. The molecule has 0 spiro atoms. The molecule has 17 heavy (non-hydrogen) atoms. The Kier molecular flexibility index (Phi) is 3.85. The van der Waals surface area contributed by atoms with Gasteiger partial charge < -0.3 is 10.6 Å². The minimum absolute atomic E-state index is 0.217. The molecular weight excluding hydrogens is 208 g/mol. The Morgan fingerprint density at radius 3 is 2.29 bits per heavy atom. The summed E-state index contributed by atoms with van der Waals surface area (Å²) in [5.74, 6) is 0.450. The predicted octanol–water partition coefficient (Wildman–Crippen LogP) is 2.59. The number of hydrogen-bond donors (Lipinski definition) is 1. The molecule has 0 radical (unpaired) electrons. The molecule has 1 aromatic carbocycles. The highest BCUT2D eigenvalue weighted by atomic mass is 15.2. The lowest BCUT2D eigenvalue weighted by molar-refractivity contribution is 0.198. The zero-order chi connectivity index (χ0) is 12.3. The van der Waals surface area contributed by atoms with E-state index in [4.69, 9.17) is 5.73 Å². The number of nitrogens with zero attached hydrogens (tertiary/aromatic N) is 1. The first-order valence-corrected chi connectivity index (χ1v) is 6.69. The third-order valence-corrected chi connectivity index (χ3v) is 4.03. The van der Waals surface area contributed by atoms with Crippen LogP contribution in [0.1, 0.15) is 32.3 Å². The van der Waals surface area contributed by atoms with Crippen LogP contribution < -0.4 is 5.73 Å². The SMILES string of the molecule is CC(C)C(N)(CN1CCCC1)c1ccccc1. The number of nitrogens with two attached hydrogens (primary N) is 1. The lowest BCUT2D eigenvalue weighted by Crippen LogP contribution is -2.50. The van der Waals surface area contributed by atoms with Gasteiger partial charge in [-0.25, -0.2) is 0 Å². The Bertz CT molecular complexity index is 341. The Morgan fingerprint density at radius 2 is 1.76 bits per heavy atom. The second kappa shape index (κ2) is 5.19. The normalized spacial score (nSPS) is 20.7. The van der Waals surface area contributed by atoms with Crippen molar-refractivity contribution in [2.45, 2.75) is 32.2 Å². The van der Waals surface area contributed by atoms with Crippen molar-refractivity contribution in [2.24, 2.45) is 11.7 Å². The molecule has 2 heteroatoms. The van der Waals surface area contributed by atoms with Crippen LogP contribution in [0, 0.1) is 5.92 Å². The van der Waals surface area contributed by atoms with Crippen LogP contribution in [-0.4, -0.2) is 24.5 Å². The van der Waals surface area contributed by atoms with Crippen molar-refractivity contribution in [3.8, 4) is 0 Å². The van der Waals surface area contributed by atoms with E-state index in [1.807, 2.05) is 0 Å². The summed E-state index contributed by atoms with van der Waals surface area (Å²) in [4.78, 5) is 2.51. The van der Waals surface area contributed by atoms with Crippen LogP contribution in [0.25, 0.3) is 0 Å². The van der Waals surface area contributed by atoms with Gasteiger partial charge in [0.05, 0.1) is 5.54 Å². The summed E-state index contributed by atoms with van der Waals surface area (Å²) in [6.45, 7) is 7.85. The number of rotatable bonds is 4. The molecule has 1 aliphatic rings. The smallest absolute Gasteiger partial charge is 0.0561 e. The van der Waals surface area contributed by atoms with Crippen LogP contribution >= 0.6 is 0 Å². The van der Waals surface area contributed by atoms with E-state index in [0.29, 0.717) is 5.92 Å². The van der Waals surface area contributed by atoms with E-state index >= 15 is 0 Å². The highest BCUT2D eigenvalue weighted by Gasteiger charge is 2.33. The van der Waals surface area contributed by atoms with Crippen molar-refractivity contribution in [2.75, 3.05) is 19.6 Å². The molecule has 0 amide bonds. The van der Waals surface area contributed by atoms with Crippen molar-refractivity contribution in [3.05, 3.63) is 35.9 Å². The molecule has 0 aromatic heterocycles. The maximum Gasteiger partial charge on any atom is 0.0561 e. The fourth-order valence-corrected chi connectivity index (χ4v) is 2.67. The monoisotopic (exact) mass is 232 g/mol. The van der Waals surface area contributed by atoms with Crippen molar-refractivity contribution in [1.82, 2.24) is 4.90 Å². The molecule has 1 aromatic rings. The molecule has 1 fully saturated rings. The Balaban J connectivity index is 2.19. The summed E-state index contributed by atoms with van der Waals surface area (Å²) >= 11 is 0. The van der Waals surface area contributed by atoms with E-state index in [-0.39, 0.29) is 5.54 Å².